The van der Waals surface area contributed by atoms with Crippen molar-refractivity contribution in [2.24, 2.45) is 5.84 Å². The van der Waals surface area contributed by atoms with Crippen LogP contribution in [0.2, 0.25) is 5.02 Å². The molecule has 0 aliphatic carbocycles. The molecule has 0 aromatic heterocycles. The first kappa shape index (κ1) is 11.9. The summed E-state index contributed by atoms with van der Waals surface area (Å²) in [5.41, 5.74) is 3.68. The lowest BCUT2D eigenvalue weighted by atomic mass is 10.2. The largest absolute Gasteiger partial charge is 0.457 e. The Balaban J connectivity index is 2.12. The lowest BCUT2D eigenvalue weighted by Crippen LogP contribution is -2.20. The first-order valence-corrected chi connectivity index (χ1v) is 5.61. The first-order chi connectivity index (χ1) is 8.28. The average molecular weight is 249 g/mol. The van der Waals surface area contributed by atoms with Crippen LogP contribution in [0.1, 0.15) is 5.56 Å². The van der Waals surface area contributed by atoms with E-state index in [2.05, 4.69) is 5.43 Å². The van der Waals surface area contributed by atoms with E-state index >= 15 is 0 Å². The minimum Gasteiger partial charge on any atom is -0.457 e. The van der Waals surface area contributed by atoms with Crippen LogP contribution >= 0.6 is 11.6 Å². The molecule has 2 aromatic rings. The van der Waals surface area contributed by atoms with Gasteiger partial charge in [0.15, 0.2) is 0 Å². The van der Waals surface area contributed by atoms with Gasteiger partial charge in [-0.3, -0.25) is 11.3 Å². The molecule has 3 N–H and O–H groups in total. The van der Waals surface area contributed by atoms with Gasteiger partial charge in [-0.1, -0.05) is 23.7 Å². The van der Waals surface area contributed by atoms with Crippen molar-refractivity contribution in [1.82, 2.24) is 5.43 Å². The van der Waals surface area contributed by atoms with E-state index in [0.717, 1.165) is 17.1 Å². The Morgan fingerprint density at radius 1 is 1.06 bits per heavy atom. The number of hydrazine groups is 1. The molecule has 3 nitrogen and oxygen atoms in total. The summed E-state index contributed by atoms with van der Waals surface area (Å²) < 4.78 is 5.69. The topological polar surface area (TPSA) is 47.3 Å². The van der Waals surface area contributed by atoms with Crippen molar-refractivity contribution in [2.45, 2.75) is 6.54 Å². The molecule has 0 fully saturated rings. The quantitative estimate of drug-likeness (QED) is 0.646. The Bertz CT molecular complexity index is 485. The van der Waals surface area contributed by atoms with Gasteiger partial charge in [0.2, 0.25) is 0 Å². The Morgan fingerprint density at radius 3 is 2.53 bits per heavy atom. The lowest BCUT2D eigenvalue weighted by Gasteiger charge is -2.07. The van der Waals surface area contributed by atoms with Crippen molar-refractivity contribution in [2.75, 3.05) is 0 Å². The Hall–Kier alpha value is -1.55. The van der Waals surface area contributed by atoms with E-state index < -0.39 is 0 Å². The van der Waals surface area contributed by atoms with Crippen LogP contribution in [0.4, 0.5) is 0 Å². The monoisotopic (exact) mass is 248 g/mol. The molecule has 0 heterocycles. The van der Waals surface area contributed by atoms with Crippen LogP contribution in [-0.2, 0) is 6.54 Å². The van der Waals surface area contributed by atoms with Gasteiger partial charge in [0, 0.05) is 11.6 Å². The minimum atomic E-state index is 0.609. The molecule has 0 aliphatic heterocycles. The van der Waals surface area contributed by atoms with Crippen LogP contribution < -0.4 is 16.0 Å². The normalized spacial score (nSPS) is 10.2. The minimum absolute atomic E-state index is 0.609. The van der Waals surface area contributed by atoms with E-state index in [9.17, 15) is 0 Å². The van der Waals surface area contributed by atoms with E-state index in [1.165, 1.54) is 0 Å². The number of halogens is 1. The molecule has 0 amide bonds. The molecular formula is C13H13ClN2O. The Morgan fingerprint density at radius 2 is 1.82 bits per heavy atom. The number of hydrogen-bond acceptors (Lipinski definition) is 3. The second-order valence-electron chi connectivity index (χ2n) is 3.58. The smallest absolute Gasteiger partial charge is 0.127 e. The van der Waals surface area contributed by atoms with Gasteiger partial charge in [0.05, 0.1) is 0 Å². The van der Waals surface area contributed by atoms with Crippen LogP contribution in [0, 0.1) is 0 Å². The van der Waals surface area contributed by atoms with Crippen molar-refractivity contribution >= 4 is 11.6 Å². The summed E-state index contributed by atoms with van der Waals surface area (Å²) in [5.74, 6) is 6.81. The zero-order valence-corrected chi connectivity index (χ0v) is 9.95. The van der Waals surface area contributed by atoms with Gasteiger partial charge >= 0.3 is 0 Å². The van der Waals surface area contributed by atoms with Gasteiger partial charge in [-0.25, -0.2) is 0 Å². The van der Waals surface area contributed by atoms with Crippen molar-refractivity contribution in [1.29, 1.82) is 0 Å². The standard InChI is InChI=1S/C13H13ClN2O/c14-11-4-6-12(7-5-11)17-13-3-1-2-10(8-13)9-16-15/h1-8,16H,9,15H2. The predicted octanol–water partition coefficient (Wildman–Crippen LogP) is 3.10. The lowest BCUT2D eigenvalue weighted by molar-refractivity contribution is 0.481. The fourth-order valence-electron chi connectivity index (χ4n) is 1.48. The van der Waals surface area contributed by atoms with Crippen molar-refractivity contribution in [3.8, 4) is 11.5 Å². The molecule has 0 bridgehead atoms. The third kappa shape index (κ3) is 3.46. The number of hydrogen-bond donors (Lipinski definition) is 2. The highest BCUT2D eigenvalue weighted by molar-refractivity contribution is 6.30. The molecular weight excluding hydrogens is 236 g/mol. The Labute approximate surface area is 105 Å². The van der Waals surface area contributed by atoms with Gasteiger partial charge in [-0.15, -0.1) is 0 Å². The van der Waals surface area contributed by atoms with Crippen molar-refractivity contribution in [3.05, 3.63) is 59.1 Å². The van der Waals surface area contributed by atoms with Crippen LogP contribution in [-0.4, -0.2) is 0 Å². The van der Waals surface area contributed by atoms with E-state index in [0.29, 0.717) is 11.6 Å². The third-order valence-electron chi connectivity index (χ3n) is 2.25. The second kappa shape index (κ2) is 5.68. The molecule has 17 heavy (non-hydrogen) atoms. The number of benzene rings is 2. The van der Waals surface area contributed by atoms with Gasteiger partial charge in [0.25, 0.3) is 0 Å². The summed E-state index contributed by atoms with van der Waals surface area (Å²) in [6.45, 7) is 0.609. The summed E-state index contributed by atoms with van der Waals surface area (Å²) in [4.78, 5) is 0. The van der Waals surface area contributed by atoms with Crippen LogP contribution in [0.5, 0.6) is 11.5 Å². The number of ether oxygens (including phenoxy) is 1. The van der Waals surface area contributed by atoms with E-state index in [4.69, 9.17) is 22.2 Å². The van der Waals surface area contributed by atoms with Gasteiger partial charge < -0.3 is 4.74 Å². The molecule has 0 unspecified atom stereocenters. The van der Waals surface area contributed by atoms with E-state index in [1.54, 1.807) is 12.1 Å². The SMILES string of the molecule is NNCc1cccc(Oc2ccc(Cl)cc2)c1. The second-order valence-corrected chi connectivity index (χ2v) is 4.02. The highest BCUT2D eigenvalue weighted by Gasteiger charge is 1.98. The first-order valence-electron chi connectivity index (χ1n) is 5.24. The zero-order valence-electron chi connectivity index (χ0n) is 9.19. The molecule has 2 rings (SSSR count). The van der Waals surface area contributed by atoms with Gasteiger partial charge in [0.1, 0.15) is 11.5 Å². The van der Waals surface area contributed by atoms with Gasteiger partial charge in [-0.05, 0) is 42.0 Å². The van der Waals surface area contributed by atoms with E-state index in [-0.39, 0.29) is 0 Å². The summed E-state index contributed by atoms with van der Waals surface area (Å²) in [7, 11) is 0. The molecule has 0 radical (unpaired) electrons. The highest BCUT2D eigenvalue weighted by Crippen LogP contribution is 2.23. The van der Waals surface area contributed by atoms with E-state index in [1.807, 2.05) is 36.4 Å². The molecule has 0 atom stereocenters. The fraction of sp³-hybridized carbons (Fsp3) is 0.0769. The fourth-order valence-corrected chi connectivity index (χ4v) is 1.60. The maximum absolute atomic E-state index is 5.80. The van der Waals surface area contributed by atoms with Crippen LogP contribution in [0.15, 0.2) is 48.5 Å². The van der Waals surface area contributed by atoms with Crippen molar-refractivity contribution in [3.63, 3.8) is 0 Å². The average Bonchev–Trinajstić information content (AvgIpc) is 2.33. The maximum atomic E-state index is 5.80. The maximum Gasteiger partial charge on any atom is 0.127 e. The molecule has 0 spiro atoms. The van der Waals surface area contributed by atoms with Gasteiger partial charge in [-0.2, -0.15) is 0 Å². The number of nitrogens with one attached hydrogen (secondary N) is 1. The summed E-state index contributed by atoms with van der Waals surface area (Å²) in [5, 5.41) is 0.693. The highest BCUT2D eigenvalue weighted by atomic mass is 35.5. The summed E-state index contributed by atoms with van der Waals surface area (Å²) in [6, 6.07) is 15.0. The van der Waals surface area contributed by atoms with Crippen molar-refractivity contribution < 1.29 is 4.74 Å². The van der Waals surface area contributed by atoms with Crippen LogP contribution in [0.25, 0.3) is 0 Å². The summed E-state index contributed by atoms with van der Waals surface area (Å²) >= 11 is 5.80. The third-order valence-corrected chi connectivity index (χ3v) is 2.51. The summed E-state index contributed by atoms with van der Waals surface area (Å²) in [6.07, 6.45) is 0. The number of rotatable bonds is 4. The zero-order chi connectivity index (χ0) is 12.1. The molecule has 0 saturated carbocycles. The molecule has 0 aliphatic rings. The molecule has 88 valence electrons. The molecule has 0 saturated heterocycles. The molecule has 4 heteroatoms. The number of nitrogens with two attached hydrogens (primary N) is 1. The Kier molecular flexibility index (Phi) is 3.98. The predicted molar refractivity (Wildman–Crippen MR) is 69.0 cm³/mol. The molecule has 2 aromatic carbocycles. The van der Waals surface area contributed by atoms with Crippen LogP contribution in [0.3, 0.4) is 0 Å².